The maximum atomic E-state index is 10.5. The van der Waals surface area contributed by atoms with Crippen molar-refractivity contribution >= 4 is 16.4 Å². The van der Waals surface area contributed by atoms with Crippen LogP contribution < -0.4 is 24.8 Å². The average molecular weight is 257 g/mol. The molecular formula is C7H6Cl2O4S-2. The number of hydrogen-bond acceptors (Lipinski definition) is 3. The lowest BCUT2D eigenvalue weighted by molar-refractivity contribution is -0.001000. The molecule has 0 saturated carbocycles. The lowest BCUT2D eigenvalue weighted by atomic mass is 10.2. The minimum Gasteiger partial charge on any atom is -1.00 e. The van der Waals surface area contributed by atoms with E-state index in [9.17, 15) is 13.2 Å². The number of aldehydes is 1. The Hall–Kier alpha value is -0.620. The van der Waals surface area contributed by atoms with Gasteiger partial charge in [-0.05, 0) is 12.1 Å². The van der Waals surface area contributed by atoms with Crippen LogP contribution in [0.5, 0.6) is 0 Å². The zero-order valence-corrected chi connectivity index (χ0v) is 9.05. The molecule has 0 unspecified atom stereocenters. The van der Waals surface area contributed by atoms with Crippen LogP contribution >= 0.6 is 0 Å². The number of benzene rings is 1. The molecule has 4 nitrogen and oxygen atoms in total. The third-order valence-corrected chi connectivity index (χ3v) is 2.14. The molecule has 0 aromatic heterocycles. The van der Waals surface area contributed by atoms with Gasteiger partial charge in [0.2, 0.25) is 0 Å². The summed E-state index contributed by atoms with van der Waals surface area (Å²) in [6.07, 6.45) is 0.509. The molecule has 1 N–H and O–H groups in total. The predicted molar refractivity (Wildman–Crippen MR) is 41.6 cm³/mol. The van der Waals surface area contributed by atoms with E-state index in [-0.39, 0.29) is 35.3 Å². The lowest BCUT2D eigenvalue weighted by Gasteiger charge is -1.95. The molecule has 0 aliphatic rings. The van der Waals surface area contributed by atoms with E-state index in [1.807, 2.05) is 0 Å². The molecule has 0 radical (unpaired) electrons. The molecule has 0 amide bonds. The molecule has 0 aliphatic heterocycles. The minimum absolute atomic E-state index is 0. The summed E-state index contributed by atoms with van der Waals surface area (Å²) in [5.41, 5.74) is 0.213. The molecule has 0 aliphatic carbocycles. The maximum absolute atomic E-state index is 10.5. The third kappa shape index (κ3) is 4.06. The normalized spacial score (nSPS) is 9.50. The Kier molecular flexibility index (Phi) is 6.76. The Morgan fingerprint density at radius 3 is 2.21 bits per heavy atom. The van der Waals surface area contributed by atoms with Crippen LogP contribution in [0, 0.1) is 0 Å². The first-order chi connectivity index (χ1) is 5.54. The largest absolute Gasteiger partial charge is 1.00 e. The standard InChI is InChI=1S/C7H6O4S.2ClH/c8-5-6-2-1-3-7(4-6)12(9,10)11;;/h1-5H,(H,9,10,11);2*1H/p-2. The SMILES string of the molecule is O=Cc1cccc(S(=O)(=O)O)c1.[Cl-].[Cl-]. The third-order valence-electron chi connectivity index (χ3n) is 1.29. The highest BCUT2D eigenvalue weighted by Gasteiger charge is 2.08. The van der Waals surface area contributed by atoms with Crippen molar-refractivity contribution in [2.45, 2.75) is 4.90 Å². The second kappa shape index (κ2) is 5.98. The van der Waals surface area contributed by atoms with Crippen molar-refractivity contribution in [1.82, 2.24) is 0 Å². The average Bonchev–Trinajstić information content (AvgIpc) is 2.03. The van der Waals surface area contributed by atoms with Gasteiger partial charge in [0.25, 0.3) is 10.1 Å². The monoisotopic (exact) mass is 256 g/mol. The molecular weight excluding hydrogens is 251 g/mol. The van der Waals surface area contributed by atoms with Crippen molar-refractivity contribution in [1.29, 1.82) is 0 Å². The lowest BCUT2D eigenvalue weighted by Crippen LogP contribution is -3.00. The smallest absolute Gasteiger partial charge is 0.294 e. The molecule has 0 heterocycles. The van der Waals surface area contributed by atoms with Gasteiger partial charge in [-0.3, -0.25) is 9.35 Å². The Balaban J connectivity index is 0. The van der Waals surface area contributed by atoms with E-state index in [2.05, 4.69) is 0 Å². The quantitative estimate of drug-likeness (QED) is 0.424. The van der Waals surface area contributed by atoms with Gasteiger partial charge in [-0.2, -0.15) is 8.42 Å². The number of carbonyl (C=O) groups is 1. The Morgan fingerprint density at radius 1 is 1.21 bits per heavy atom. The van der Waals surface area contributed by atoms with E-state index in [0.717, 1.165) is 6.07 Å². The number of carbonyl (C=O) groups excluding carboxylic acids is 1. The number of halogens is 2. The highest BCUT2D eigenvalue weighted by Crippen LogP contribution is 2.09. The highest BCUT2D eigenvalue weighted by molar-refractivity contribution is 7.85. The molecule has 1 aromatic carbocycles. The fraction of sp³-hybridized carbons (Fsp3) is 0. The molecule has 14 heavy (non-hydrogen) atoms. The predicted octanol–water partition coefficient (Wildman–Crippen LogP) is -5.25. The van der Waals surface area contributed by atoms with Crippen LogP contribution in [-0.4, -0.2) is 19.3 Å². The van der Waals surface area contributed by atoms with Gasteiger partial charge in [0, 0.05) is 5.56 Å². The van der Waals surface area contributed by atoms with Crippen LogP contribution in [0.2, 0.25) is 0 Å². The van der Waals surface area contributed by atoms with Crippen LogP contribution in [0.3, 0.4) is 0 Å². The Labute approximate surface area is 93.9 Å². The van der Waals surface area contributed by atoms with Crippen molar-refractivity contribution in [3.8, 4) is 0 Å². The van der Waals surface area contributed by atoms with Crippen molar-refractivity contribution < 1.29 is 42.6 Å². The van der Waals surface area contributed by atoms with Gasteiger partial charge in [-0.15, -0.1) is 0 Å². The van der Waals surface area contributed by atoms with Crippen LogP contribution in [0.1, 0.15) is 10.4 Å². The Morgan fingerprint density at radius 2 is 1.79 bits per heavy atom. The van der Waals surface area contributed by atoms with Crippen molar-refractivity contribution in [3.05, 3.63) is 29.8 Å². The van der Waals surface area contributed by atoms with Gasteiger partial charge in [0.15, 0.2) is 0 Å². The highest BCUT2D eigenvalue weighted by atomic mass is 35.5. The first-order valence-electron chi connectivity index (χ1n) is 3.07. The van der Waals surface area contributed by atoms with Gasteiger partial charge in [-0.1, -0.05) is 12.1 Å². The minimum atomic E-state index is -4.19. The summed E-state index contributed by atoms with van der Waals surface area (Å²) in [4.78, 5) is 9.94. The fourth-order valence-electron chi connectivity index (χ4n) is 0.748. The number of hydrogen-bond donors (Lipinski definition) is 1. The summed E-state index contributed by atoms with van der Waals surface area (Å²) in [5.74, 6) is 0. The van der Waals surface area contributed by atoms with E-state index in [1.165, 1.54) is 18.2 Å². The zero-order chi connectivity index (χ0) is 9.19. The van der Waals surface area contributed by atoms with Crippen molar-refractivity contribution in [2.75, 3.05) is 0 Å². The van der Waals surface area contributed by atoms with Crippen LogP contribution in [-0.2, 0) is 10.1 Å². The molecule has 0 spiro atoms. The van der Waals surface area contributed by atoms with Crippen molar-refractivity contribution in [2.24, 2.45) is 0 Å². The van der Waals surface area contributed by atoms with Gasteiger partial charge in [0.1, 0.15) is 6.29 Å². The maximum Gasteiger partial charge on any atom is 0.294 e. The molecule has 7 heteroatoms. The molecule has 0 bridgehead atoms. The molecule has 0 saturated heterocycles. The topological polar surface area (TPSA) is 71.4 Å². The van der Waals surface area contributed by atoms with Gasteiger partial charge >= 0.3 is 0 Å². The van der Waals surface area contributed by atoms with Crippen molar-refractivity contribution in [3.63, 3.8) is 0 Å². The fourth-order valence-corrected chi connectivity index (χ4v) is 1.28. The van der Waals surface area contributed by atoms with E-state index in [4.69, 9.17) is 4.55 Å². The van der Waals surface area contributed by atoms with Crippen LogP contribution in [0.25, 0.3) is 0 Å². The zero-order valence-electron chi connectivity index (χ0n) is 6.72. The molecule has 0 atom stereocenters. The van der Waals surface area contributed by atoms with E-state index in [0.29, 0.717) is 6.29 Å². The number of rotatable bonds is 2. The van der Waals surface area contributed by atoms with E-state index in [1.54, 1.807) is 0 Å². The molecule has 0 fully saturated rings. The summed E-state index contributed by atoms with van der Waals surface area (Å²) in [6, 6.07) is 5.14. The summed E-state index contributed by atoms with van der Waals surface area (Å²) in [7, 11) is -4.19. The van der Waals surface area contributed by atoms with Gasteiger partial charge in [0.05, 0.1) is 4.90 Å². The first kappa shape index (κ1) is 15.8. The Bertz CT molecular complexity index is 402. The molecule has 80 valence electrons. The molecule has 1 rings (SSSR count). The second-order valence-electron chi connectivity index (χ2n) is 2.17. The van der Waals surface area contributed by atoms with E-state index < -0.39 is 10.1 Å². The summed E-state index contributed by atoms with van der Waals surface area (Å²) in [6.45, 7) is 0. The van der Waals surface area contributed by atoms with Crippen LogP contribution in [0.4, 0.5) is 0 Å². The van der Waals surface area contributed by atoms with Crippen LogP contribution in [0.15, 0.2) is 29.2 Å². The first-order valence-corrected chi connectivity index (χ1v) is 4.51. The van der Waals surface area contributed by atoms with Gasteiger partial charge in [-0.25, -0.2) is 0 Å². The summed E-state index contributed by atoms with van der Waals surface area (Å²) >= 11 is 0. The second-order valence-corrected chi connectivity index (χ2v) is 3.59. The van der Waals surface area contributed by atoms with E-state index >= 15 is 0 Å². The molecule has 1 aromatic rings. The summed E-state index contributed by atoms with van der Waals surface area (Å²) in [5, 5.41) is 0. The van der Waals surface area contributed by atoms with Gasteiger partial charge < -0.3 is 24.8 Å². The summed E-state index contributed by atoms with van der Waals surface area (Å²) < 4.78 is 29.6.